The maximum absolute atomic E-state index is 4.72. The van der Waals surface area contributed by atoms with E-state index in [-0.39, 0.29) is 0 Å². The van der Waals surface area contributed by atoms with Crippen molar-refractivity contribution in [2.45, 2.75) is 0 Å². The van der Waals surface area contributed by atoms with Crippen LogP contribution < -0.4 is 0 Å². The van der Waals surface area contributed by atoms with Crippen LogP contribution in [-0.2, 0) is 9.47 Å². The number of ether oxygens (including phenoxy) is 2. The zero-order valence-electron chi connectivity index (χ0n) is 3.60. The Morgan fingerprint density at radius 3 is 2.67 bits per heavy atom. The molecule has 2 nitrogen and oxygen atoms in total. The van der Waals surface area contributed by atoms with Gasteiger partial charge in [-0.2, -0.15) is 0 Å². The highest BCUT2D eigenvalue weighted by Gasteiger charge is 2.02. The van der Waals surface area contributed by atoms with Gasteiger partial charge in [0.1, 0.15) is 6.61 Å². The highest BCUT2D eigenvalue weighted by Crippen LogP contribution is 2.05. The Bertz CT molecular complexity index is 75.6. The number of rotatable bonds is 1. The molecule has 1 aliphatic rings. The fourth-order valence-electron chi connectivity index (χ4n) is 0.294. The molecule has 6 heavy (non-hydrogen) atoms. The molecular weight excluding hydrogens is 80.0 g/mol. The van der Waals surface area contributed by atoms with Gasteiger partial charge in [0.2, 0.25) is 0 Å². The second kappa shape index (κ2) is 1.20. The summed E-state index contributed by atoms with van der Waals surface area (Å²) in [6.07, 6.45) is 1.88. The molecule has 0 unspecified atom stereocenters. The Morgan fingerprint density at radius 2 is 2.67 bits per heavy atom. The zero-order chi connectivity index (χ0) is 4.41. The van der Waals surface area contributed by atoms with Crippen LogP contribution in [0.3, 0.4) is 0 Å². The molecule has 1 rings (SSSR count). The van der Waals surface area contributed by atoms with E-state index in [4.69, 9.17) is 4.74 Å². The minimum absolute atomic E-state index is 0.648. The first-order chi connectivity index (χ1) is 2.93. The van der Waals surface area contributed by atoms with Crippen molar-refractivity contribution in [3.05, 3.63) is 12.0 Å². The lowest BCUT2D eigenvalue weighted by atomic mass is 10.5. The molecule has 0 amide bonds. The highest BCUT2D eigenvalue weighted by atomic mass is 16.7. The van der Waals surface area contributed by atoms with Gasteiger partial charge in [-0.1, -0.05) is 0 Å². The molecule has 2 heteroatoms. The molecule has 1 aliphatic heterocycles. The summed E-state index contributed by atoms with van der Waals surface area (Å²) in [6.45, 7) is 0.711. The van der Waals surface area contributed by atoms with Gasteiger partial charge >= 0.3 is 0 Å². The molecular formula is C4H6O2. The second-order valence-electron chi connectivity index (χ2n) is 1.04. The summed E-state index contributed by atoms with van der Waals surface area (Å²) in [5.41, 5.74) is 0. The van der Waals surface area contributed by atoms with E-state index >= 15 is 0 Å². The fraction of sp³-hybridized carbons (Fsp3) is 0.500. The minimum atomic E-state index is 0.648. The van der Waals surface area contributed by atoms with Crippen LogP contribution in [0.1, 0.15) is 0 Å². The lowest BCUT2D eigenvalue weighted by Gasteiger charge is -2.12. The third kappa shape index (κ3) is 0.339. The monoisotopic (exact) mass is 86.0 g/mol. The molecule has 0 bridgehead atoms. The van der Waals surface area contributed by atoms with Gasteiger partial charge in [-0.15, -0.1) is 0 Å². The standard InChI is InChI=1S/C4H6O2/c1-5-4-2-3-6-4/h2H,3H2,1H3. The van der Waals surface area contributed by atoms with Gasteiger partial charge in [-0.25, -0.2) is 0 Å². The summed E-state index contributed by atoms with van der Waals surface area (Å²) in [4.78, 5) is 0. The van der Waals surface area contributed by atoms with E-state index in [1.54, 1.807) is 7.11 Å². The van der Waals surface area contributed by atoms with Crippen LogP contribution in [0.2, 0.25) is 0 Å². The van der Waals surface area contributed by atoms with E-state index in [2.05, 4.69) is 4.74 Å². The summed E-state index contributed by atoms with van der Waals surface area (Å²) in [5.74, 6) is 0.648. The van der Waals surface area contributed by atoms with Crippen molar-refractivity contribution in [3.63, 3.8) is 0 Å². The average Bonchev–Trinajstić information content (AvgIpc) is 1.31. The molecule has 0 saturated carbocycles. The van der Waals surface area contributed by atoms with Gasteiger partial charge in [0.15, 0.2) is 0 Å². The molecule has 34 valence electrons. The van der Waals surface area contributed by atoms with Crippen LogP contribution in [0.15, 0.2) is 12.0 Å². The minimum Gasteiger partial charge on any atom is -0.469 e. The molecule has 0 N–H and O–H groups in total. The van der Waals surface area contributed by atoms with E-state index in [1.807, 2.05) is 6.08 Å². The molecule has 0 aromatic rings. The summed E-state index contributed by atoms with van der Waals surface area (Å²) in [7, 11) is 1.59. The molecule has 0 aliphatic carbocycles. The van der Waals surface area contributed by atoms with Crippen molar-refractivity contribution >= 4 is 0 Å². The van der Waals surface area contributed by atoms with Crippen molar-refractivity contribution in [2.24, 2.45) is 0 Å². The van der Waals surface area contributed by atoms with Crippen LogP contribution in [0, 0.1) is 0 Å². The summed E-state index contributed by atoms with van der Waals surface area (Å²) in [5, 5.41) is 0. The molecule has 0 atom stereocenters. The third-order valence-corrected chi connectivity index (χ3v) is 0.677. The van der Waals surface area contributed by atoms with Crippen molar-refractivity contribution in [1.29, 1.82) is 0 Å². The van der Waals surface area contributed by atoms with Crippen LogP contribution in [0.4, 0.5) is 0 Å². The molecule has 0 aromatic heterocycles. The molecule has 0 fully saturated rings. The van der Waals surface area contributed by atoms with Crippen molar-refractivity contribution < 1.29 is 9.47 Å². The molecule has 0 aromatic carbocycles. The Labute approximate surface area is 36.4 Å². The Balaban J connectivity index is 2.32. The van der Waals surface area contributed by atoms with Gasteiger partial charge in [-0.3, -0.25) is 0 Å². The first-order valence-corrected chi connectivity index (χ1v) is 1.80. The van der Waals surface area contributed by atoms with E-state index in [0.717, 1.165) is 0 Å². The third-order valence-electron chi connectivity index (χ3n) is 0.677. The van der Waals surface area contributed by atoms with E-state index in [9.17, 15) is 0 Å². The first kappa shape index (κ1) is 3.53. The Hall–Kier alpha value is -0.660. The number of methoxy groups -OCH3 is 1. The molecule has 0 spiro atoms. The lowest BCUT2D eigenvalue weighted by Crippen LogP contribution is -2.05. The van der Waals surface area contributed by atoms with E-state index in [0.29, 0.717) is 12.6 Å². The largest absolute Gasteiger partial charge is 0.469 e. The summed E-state index contributed by atoms with van der Waals surface area (Å²) >= 11 is 0. The van der Waals surface area contributed by atoms with Crippen molar-refractivity contribution in [1.82, 2.24) is 0 Å². The van der Waals surface area contributed by atoms with Crippen molar-refractivity contribution in [2.75, 3.05) is 13.7 Å². The summed E-state index contributed by atoms with van der Waals surface area (Å²) < 4.78 is 9.34. The fourth-order valence-corrected chi connectivity index (χ4v) is 0.294. The number of hydrogen-bond acceptors (Lipinski definition) is 2. The van der Waals surface area contributed by atoms with Gasteiger partial charge < -0.3 is 9.47 Å². The lowest BCUT2D eigenvalue weighted by molar-refractivity contribution is 0.0376. The van der Waals surface area contributed by atoms with Crippen LogP contribution in [0.25, 0.3) is 0 Å². The van der Waals surface area contributed by atoms with Gasteiger partial charge in [0.05, 0.1) is 7.11 Å². The normalized spacial score (nSPS) is 17.2. The summed E-state index contributed by atoms with van der Waals surface area (Å²) in [6, 6.07) is 0. The van der Waals surface area contributed by atoms with Gasteiger partial charge in [0, 0.05) is 6.08 Å². The van der Waals surface area contributed by atoms with Crippen LogP contribution in [0.5, 0.6) is 0 Å². The maximum atomic E-state index is 4.72. The van der Waals surface area contributed by atoms with Crippen LogP contribution in [-0.4, -0.2) is 13.7 Å². The second-order valence-corrected chi connectivity index (χ2v) is 1.04. The maximum Gasteiger partial charge on any atom is 0.278 e. The van der Waals surface area contributed by atoms with Crippen molar-refractivity contribution in [3.8, 4) is 0 Å². The SMILES string of the molecule is COC1=CCO1. The molecule has 0 radical (unpaired) electrons. The van der Waals surface area contributed by atoms with Gasteiger partial charge in [0.25, 0.3) is 5.95 Å². The average molecular weight is 86.1 g/mol. The Kier molecular flexibility index (Phi) is 0.708. The van der Waals surface area contributed by atoms with E-state index in [1.165, 1.54) is 0 Å². The first-order valence-electron chi connectivity index (χ1n) is 1.80. The zero-order valence-corrected chi connectivity index (χ0v) is 3.60. The number of hydrogen-bond donors (Lipinski definition) is 0. The quantitative estimate of drug-likeness (QED) is 0.462. The van der Waals surface area contributed by atoms with E-state index < -0.39 is 0 Å². The van der Waals surface area contributed by atoms with Crippen LogP contribution >= 0.6 is 0 Å². The predicted octanol–water partition coefficient (Wildman–Crippen LogP) is 0.504. The van der Waals surface area contributed by atoms with Gasteiger partial charge in [-0.05, 0) is 0 Å². The predicted molar refractivity (Wildman–Crippen MR) is 21.0 cm³/mol. The molecule has 0 saturated heterocycles. The highest BCUT2D eigenvalue weighted by molar-refractivity contribution is 4.92. The Morgan fingerprint density at radius 1 is 2.00 bits per heavy atom. The topological polar surface area (TPSA) is 18.5 Å². The molecule has 1 heterocycles. The smallest absolute Gasteiger partial charge is 0.278 e.